The number of carbonyl (C=O) groups excluding carboxylic acids is 3. The second-order valence-corrected chi connectivity index (χ2v) is 15.7. The second kappa shape index (κ2) is 12.4. The van der Waals surface area contributed by atoms with Crippen molar-refractivity contribution in [1.82, 2.24) is 9.80 Å². The predicted molar refractivity (Wildman–Crippen MR) is 142 cm³/mol. The van der Waals surface area contributed by atoms with E-state index in [2.05, 4.69) is 33.9 Å². The Bertz CT molecular complexity index is 962. The fraction of sp³-hybridized carbons (Fsp3) is 0.560. The molecule has 1 heterocycles. The van der Waals surface area contributed by atoms with Crippen LogP contribution in [0.1, 0.15) is 39.2 Å². The maximum atomic E-state index is 12.9. The number of methoxy groups -OCH3 is 1. The molecule has 1 saturated heterocycles. The Hall–Kier alpha value is -1.87. The molecule has 0 aromatic heterocycles. The molecule has 194 valence electrons. The van der Waals surface area contributed by atoms with E-state index in [-0.39, 0.29) is 36.4 Å². The molecule has 0 saturated carbocycles. The van der Waals surface area contributed by atoms with E-state index in [4.69, 9.17) is 32.4 Å². The van der Waals surface area contributed by atoms with E-state index in [1.807, 2.05) is 0 Å². The lowest BCUT2D eigenvalue weighted by Crippen LogP contribution is -2.48. The third-order valence-corrected chi connectivity index (χ3v) is 12.0. The first-order valence-corrected chi connectivity index (χ1v) is 15.4. The topological polar surface area (TPSA) is 76.2 Å². The molecule has 1 aliphatic heterocycles. The lowest BCUT2D eigenvalue weighted by atomic mass is 10.1. The van der Waals surface area contributed by atoms with Crippen LogP contribution >= 0.6 is 23.2 Å². The van der Waals surface area contributed by atoms with Crippen LogP contribution in [-0.4, -0.2) is 75.3 Å². The summed E-state index contributed by atoms with van der Waals surface area (Å²) in [6.45, 7) is 11.9. The number of halogens is 2. The first kappa shape index (κ1) is 29.4. The molecular weight excluding hydrogens is 507 g/mol. The van der Waals surface area contributed by atoms with Crippen LogP contribution in [0.2, 0.25) is 28.2 Å². The molecule has 35 heavy (non-hydrogen) atoms. The Kier molecular flexibility index (Phi) is 10.4. The summed E-state index contributed by atoms with van der Waals surface area (Å²) < 4.78 is 11.2. The smallest absolute Gasteiger partial charge is 0.328 e. The highest BCUT2D eigenvalue weighted by Gasteiger charge is 2.38. The van der Waals surface area contributed by atoms with Gasteiger partial charge < -0.3 is 19.0 Å². The van der Waals surface area contributed by atoms with Crippen molar-refractivity contribution in [2.45, 2.75) is 57.8 Å². The molecule has 1 atom stereocenters. The summed E-state index contributed by atoms with van der Waals surface area (Å²) >= 11 is 12.0. The van der Waals surface area contributed by atoms with Gasteiger partial charge in [0, 0.05) is 45.2 Å². The van der Waals surface area contributed by atoms with Gasteiger partial charge in [0.05, 0.1) is 17.2 Å². The van der Waals surface area contributed by atoms with E-state index in [0.717, 1.165) is 5.56 Å². The molecule has 0 spiro atoms. The molecule has 0 aliphatic carbocycles. The van der Waals surface area contributed by atoms with Gasteiger partial charge >= 0.3 is 5.97 Å². The van der Waals surface area contributed by atoms with Crippen molar-refractivity contribution >= 4 is 55.4 Å². The fourth-order valence-electron chi connectivity index (χ4n) is 3.46. The van der Waals surface area contributed by atoms with Crippen LogP contribution in [0.15, 0.2) is 24.3 Å². The van der Waals surface area contributed by atoms with Gasteiger partial charge in [0.25, 0.3) is 0 Å². The van der Waals surface area contributed by atoms with Gasteiger partial charge in [-0.05, 0) is 41.9 Å². The molecule has 1 unspecified atom stereocenters. The van der Waals surface area contributed by atoms with Crippen LogP contribution in [-0.2, 0) is 23.5 Å². The van der Waals surface area contributed by atoms with Gasteiger partial charge in [-0.2, -0.15) is 0 Å². The number of hydrogen-bond acceptors (Lipinski definition) is 5. The lowest BCUT2D eigenvalue weighted by Gasteiger charge is -2.37. The number of benzene rings is 1. The number of nitrogens with zero attached hydrogens (tertiary/aromatic N) is 2. The minimum absolute atomic E-state index is 0.0396. The van der Waals surface area contributed by atoms with Gasteiger partial charge in [0.2, 0.25) is 11.8 Å². The summed E-state index contributed by atoms with van der Waals surface area (Å²) in [5.74, 6) is -0.880. The maximum Gasteiger partial charge on any atom is 0.328 e. The van der Waals surface area contributed by atoms with E-state index in [1.54, 1.807) is 29.2 Å². The Balaban J connectivity index is 2.05. The summed E-state index contributed by atoms with van der Waals surface area (Å²) in [6, 6.07) is 4.35. The van der Waals surface area contributed by atoms with Crippen LogP contribution in [0.5, 0.6) is 0 Å². The van der Waals surface area contributed by atoms with Gasteiger partial charge in [-0.1, -0.05) is 50.0 Å². The number of ether oxygens (including phenoxy) is 1. The van der Waals surface area contributed by atoms with Gasteiger partial charge in [0.1, 0.15) is 6.04 Å². The Morgan fingerprint density at radius 1 is 1.14 bits per heavy atom. The van der Waals surface area contributed by atoms with Crippen molar-refractivity contribution in [3.8, 4) is 0 Å². The molecule has 1 aromatic rings. The van der Waals surface area contributed by atoms with Crippen LogP contribution in [0.25, 0.3) is 6.08 Å². The van der Waals surface area contributed by atoms with E-state index in [0.29, 0.717) is 29.6 Å². The molecule has 1 aliphatic rings. The molecule has 2 rings (SSSR count). The summed E-state index contributed by atoms with van der Waals surface area (Å²) in [6.07, 6.45) is 3.58. The average Bonchev–Trinajstić information content (AvgIpc) is 2.97. The van der Waals surface area contributed by atoms with Crippen LogP contribution < -0.4 is 0 Å². The second-order valence-electron chi connectivity index (χ2n) is 10.1. The summed E-state index contributed by atoms with van der Waals surface area (Å²) in [7, 11) is -0.679. The number of esters is 1. The standard InChI is InChI=1S/C25H36Cl2N2O5Si/c1-25(2,3)35(5,6)34-16-12-21(24(32)33-4)29-15-14-28(13-11-23(29)31)22(30)10-8-18-7-9-19(26)20(27)17-18/h7-10,17,21H,11-16H2,1-6H3. The number of amides is 2. The van der Waals surface area contributed by atoms with E-state index in [9.17, 15) is 14.4 Å². The minimum Gasteiger partial charge on any atom is -0.467 e. The van der Waals surface area contributed by atoms with Gasteiger partial charge in [-0.3, -0.25) is 9.59 Å². The molecule has 1 fully saturated rings. The van der Waals surface area contributed by atoms with E-state index >= 15 is 0 Å². The van der Waals surface area contributed by atoms with Crippen LogP contribution in [0.4, 0.5) is 0 Å². The highest BCUT2D eigenvalue weighted by Crippen LogP contribution is 2.36. The zero-order valence-electron chi connectivity index (χ0n) is 21.4. The number of carbonyl (C=O) groups is 3. The van der Waals surface area contributed by atoms with Gasteiger partial charge in [0.15, 0.2) is 8.32 Å². The molecule has 7 nitrogen and oxygen atoms in total. The molecule has 0 bridgehead atoms. The molecule has 2 amide bonds. The Morgan fingerprint density at radius 2 is 1.83 bits per heavy atom. The zero-order valence-corrected chi connectivity index (χ0v) is 23.9. The van der Waals surface area contributed by atoms with E-state index < -0.39 is 20.3 Å². The molecular formula is C25H36Cl2N2O5Si. The van der Waals surface area contributed by atoms with Gasteiger partial charge in [-0.25, -0.2) is 4.79 Å². The third kappa shape index (κ3) is 8.07. The monoisotopic (exact) mass is 542 g/mol. The number of rotatable bonds is 8. The van der Waals surface area contributed by atoms with Crippen molar-refractivity contribution in [3.63, 3.8) is 0 Å². The first-order chi connectivity index (χ1) is 16.3. The van der Waals surface area contributed by atoms with Crippen molar-refractivity contribution in [2.24, 2.45) is 0 Å². The quantitative estimate of drug-likeness (QED) is 0.262. The lowest BCUT2D eigenvalue weighted by molar-refractivity contribution is -0.153. The van der Waals surface area contributed by atoms with Crippen molar-refractivity contribution < 1.29 is 23.5 Å². The maximum absolute atomic E-state index is 12.9. The summed E-state index contributed by atoms with van der Waals surface area (Å²) in [5, 5.41) is 0.887. The van der Waals surface area contributed by atoms with Crippen molar-refractivity contribution in [3.05, 3.63) is 39.9 Å². The zero-order chi connectivity index (χ0) is 26.4. The SMILES string of the molecule is COC(=O)C(CCO[Si](C)(C)C(C)(C)C)N1CCN(C(=O)C=Cc2ccc(Cl)c(Cl)c2)CCC1=O. The Morgan fingerprint density at radius 3 is 2.43 bits per heavy atom. The normalized spacial score (nSPS) is 16.4. The first-order valence-electron chi connectivity index (χ1n) is 11.7. The third-order valence-electron chi connectivity index (χ3n) is 6.71. The largest absolute Gasteiger partial charge is 0.467 e. The van der Waals surface area contributed by atoms with Crippen molar-refractivity contribution in [1.29, 1.82) is 0 Å². The van der Waals surface area contributed by atoms with Crippen molar-refractivity contribution in [2.75, 3.05) is 33.4 Å². The predicted octanol–water partition coefficient (Wildman–Crippen LogP) is 5.02. The molecule has 0 radical (unpaired) electrons. The molecule has 1 aromatic carbocycles. The minimum atomic E-state index is -1.99. The average molecular weight is 544 g/mol. The van der Waals surface area contributed by atoms with Crippen LogP contribution in [0.3, 0.4) is 0 Å². The molecule has 10 heteroatoms. The van der Waals surface area contributed by atoms with Crippen LogP contribution in [0, 0.1) is 0 Å². The van der Waals surface area contributed by atoms with E-state index in [1.165, 1.54) is 18.1 Å². The highest BCUT2D eigenvalue weighted by molar-refractivity contribution is 6.74. The summed E-state index contributed by atoms with van der Waals surface area (Å²) in [5.41, 5.74) is 0.743. The summed E-state index contributed by atoms with van der Waals surface area (Å²) in [4.78, 5) is 41.4. The Labute approximate surface area is 219 Å². The molecule has 0 N–H and O–H groups in total. The fourth-order valence-corrected chi connectivity index (χ4v) is 4.83. The highest BCUT2D eigenvalue weighted by atomic mass is 35.5. The van der Waals surface area contributed by atoms with Gasteiger partial charge in [-0.15, -0.1) is 0 Å². The number of hydrogen-bond donors (Lipinski definition) is 0.